The van der Waals surface area contributed by atoms with Crippen molar-refractivity contribution in [2.75, 3.05) is 17.3 Å². The molecule has 6 heteroatoms. The Bertz CT molecular complexity index is 536. The number of ketones is 1. The first-order valence-electron chi connectivity index (χ1n) is 5.97. The first-order valence-corrected chi connectivity index (χ1v) is 7.30. The molecule has 0 spiro atoms. The molecule has 0 saturated heterocycles. The van der Waals surface area contributed by atoms with Gasteiger partial charge in [0.1, 0.15) is 5.82 Å². The number of carbonyl (C=O) groups excluding carboxylic acids is 2. The Morgan fingerprint density at radius 3 is 2.63 bits per heavy atom. The van der Waals surface area contributed by atoms with Crippen molar-refractivity contribution in [3.05, 3.63) is 28.0 Å². The molecule has 3 nitrogen and oxygen atoms in total. The summed E-state index contributed by atoms with van der Waals surface area (Å²) in [6.45, 7) is 0.443. The van der Waals surface area contributed by atoms with E-state index in [1.54, 1.807) is 0 Å². The van der Waals surface area contributed by atoms with E-state index in [-0.39, 0.29) is 5.56 Å². The number of rotatable bonds is 5. The molecule has 0 atom stereocenters. The van der Waals surface area contributed by atoms with E-state index in [2.05, 4.69) is 15.9 Å². The van der Waals surface area contributed by atoms with Crippen LogP contribution in [0.3, 0.4) is 0 Å². The Labute approximate surface area is 123 Å². The Morgan fingerprint density at radius 2 is 1.95 bits per heavy atom. The molecule has 0 bridgehead atoms. The zero-order chi connectivity index (χ0) is 14.0. The van der Waals surface area contributed by atoms with E-state index in [0.717, 1.165) is 25.3 Å². The van der Waals surface area contributed by atoms with E-state index >= 15 is 0 Å². The lowest BCUT2D eigenvalue weighted by atomic mass is 10.1. The van der Waals surface area contributed by atoms with Crippen molar-refractivity contribution in [3.63, 3.8) is 0 Å². The molecule has 0 N–H and O–H groups in total. The van der Waals surface area contributed by atoms with Crippen LogP contribution in [0.2, 0.25) is 0 Å². The van der Waals surface area contributed by atoms with Crippen molar-refractivity contribution >= 4 is 44.9 Å². The molecule has 1 heterocycles. The van der Waals surface area contributed by atoms with Crippen molar-refractivity contribution in [2.24, 2.45) is 0 Å². The van der Waals surface area contributed by atoms with Gasteiger partial charge in [0.15, 0.2) is 0 Å². The molecule has 1 aromatic carbocycles. The van der Waals surface area contributed by atoms with E-state index in [9.17, 15) is 14.0 Å². The highest BCUT2D eigenvalue weighted by atomic mass is 79.9. The van der Waals surface area contributed by atoms with Crippen LogP contribution in [0.5, 0.6) is 0 Å². The monoisotopic (exact) mass is 347 g/mol. The van der Waals surface area contributed by atoms with Gasteiger partial charge >= 0.3 is 0 Å². The van der Waals surface area contributed by atoms with Crippen molar-refractivity contribution in [1.82, 2.24) is 0 Å². The van der Waals surface area contributed by atoms with Crippen LogP contribution in [-0.2, 0) is 4.79 Å². The molecule has 0 fully saturated rings. The Balaban J connectivity index is 2.23. The molecule has 1 aliphatic rings. The van der Waals surface area contributed by atoms with Crippen molar-refractivity contribution in [3.8, 4) is 0 Å². The zero-order valence-electron chi connectivity index (χ0n) is 10.1. The number of nitrogens with zero attached hydrogens (tertiary/aromatic N) is 1. The normalized spacial score (nSPS) is 14.2. The van der Waals surface area contributed by atoms with E-state index in [4.69, 9.17) is 11.6 Å². The van der Waals surface area contributed by atoms with Gasteiger partial charge in [0.2, 0.25) is 0 Å². The van der Waals surface area contributed by atoms with Gasteiger partial charge in [-0.05, 0) is 40.9 Å². The van der Waals surface area contributed by atoms with E-state index in [1.165, 1.54) is 11.0 Å². The summed E-state index contributed by atoms with van der Waals surface area (Å²) >= 11 is 8.80. The maximum atomic E-state index is 13.3. The SMILES string of the molecule is O=C1C(=O)N(CCCCCCl)c2c(Br)cc(F)cc21. The predicted molar refractivity (Wildman–Crippen MR) is 75.4 cm³/mol. The van der Waals surface area contributed by atoms with Crippen molar-refractivity contribution < 1.29 is 14.0 Å². The molecule has 0 saturated carbocycles. The van der Waals surface area contributed by atoms with Crippen LogP contribution in [0, 0.1) is 5.82 Å². The molecule has 0 unspecified atom stereocenters. The Kier molecular flexibility index (Phi) is 4.58. The minimum Gasteiger partial charge on any atom is -0.304 e. The van der Waals surface area contributed by atoms with Gasteiger partial charge in [0, 0.05) is 16.9 Å². The third-order valence-corrected chi connectivity index (χ3v) is 3.87. The van der Waals surface area contributed by atoms with Gasteiger partial charge in [0.05, 0.1) is 11.3 Å². The summed E-state index contributed by atoms with van der Waals surface area (Å²) in [5, 5.41) is 0. The van der Waals surface area contributed by atoms with E-state index in [1.807, 2.05) is 0 Å². The quantitative estimate of drug-likeness (QED) is 0.464. The topological polar surface area (TPSA) is 37.4 Å². The molecule has 19 heavy (non-hydrogen) atoms. The van der Waals surface area contributed by atoms with Crippen LogP contribution in [-0.4, -0.2) is 24.1 Å². The summed E-state index contributed by atoms with van der Waals surface area (Å²) < 4.78 is 13.7. The summed E-state index contributed by atoms with van der Waals surface area (Å²) in [4.78, 5) is 25.1. The highest BCUT2D eigenvalue weighted by Crippen LogP contribution is 2.37. The lowest BCUT2D eigenvalue weighted by Gasteiger charge is -2.17. The van der Waals surface area contributed by atoms with Gasteiger partial charge in [-0.3, -0.25) is 9.59 Å². The number of carbonyl (C=O) groups is 2. The zero-order valence-corrected chi connectivity index (χ0v) is 12.4. The highest BCUT2D eigenvalue weighted by Gasteiger charge is 2.37. The standard InChI is InChI=1S/C13H12BrClFNO2/c14-10-7-8(16)6-9-11(10)17(13(19)12(9)18)5-3-1-2-4-15/h6-7H,1-5H2. The summed E-state index contributed by atoms with van der Waals surface area (Å²) in [6.07, 6.45) is 2.51. The number of halogens is 3. The van der Waals surface area contributed by atoms with E-state index < -0.39 is 17.5 Å². The number of fused-ring (bicyclic) bond motifs is 1. The third kappa shape index (κ3) is 2.82. The fraction of sp³-hybridized carbons (Fsp3) is 0.385. The lowest BCUT2D eigenvalue weighted by Crippen LogP contribution is -2.30. The second-order valence-electron chi connectivity index (χ2n) is 4.32. The second-order valence-corrected chi connectivity index (χ2v) is 5.55. The van der Waals surface area contributed by atoms with Crippen molar-refractivity contribution in [1.29, 1.82) is 0 Å². The average molecular weight is 349 g/mol. The van der Waals surface area contributed by atoms with Gasteiger partial charge in [0.25, 0.3) is 11.7 Å². The fourth-order valence-corrected chi connectivity index (χ4v) is 2.94. The number of unbranched alkanes of at least 4 members (excludes halogenated alkanes) is 2. The summed E-state index contributed by atoms with van der Waals surface area (Å²) in [7, 11) is 0. The van der Waals surface area contributed by atoms with Gasteiger partial charge in [-0.25, -0.2) is 4.39 Å². The number of anilines is 1. The molecular weight excluding hydrogens is 337 g/mol. The lowest BCUT2D eigenvalue weighted by molar-refractivity contribution is -0.114. The van der Waals surface area contributed by atoms with E-state index in [0.29, 0.717) is 22.6 Å². The third-order valence-electron chi connectivity index (χ3n) is 3.00. The molecule has 102 valence electrons. The van der Waals surface area contributed by atoms with Gasteiger partial charge in [-0.1, -0.05) is 6.42 Å². The smallest absolute Gasteiger partial charge is 0.299 e. The summed E-state index contributed by atoms with van der Waals surface area (Å²) in [6, 6.07) is 2.37. The van der Waals surface area contributed by atoms with Gasteiger partial charge < -0.3 is 4.90 Å². The van der Waals surface area contributed by atoms with Crippen LogP contribution in [0.1, 0.15) is 29.6 Å². The van der Waals surface area contributed by atoms with Crippen LogP contribution in [0.15, 0.2) is 16.6 Å². The number of hydrogen-bond acceptors (Lipinski definition) is 2. The van der Waals surface area contributed by atoms with Crippen LogP contribution >= 0.6 is 27.5 Å². The molecule has 0 aliphatic carbocycles. The average Bonchev–Trinajstić information content (AvgIpc) is 2.60. The molecule has 0 aromatic heterocycles. The Hall–Kier alpha value is -0.940. The van der Waals surface area contributed by atoms with Crippen LogP contribution < -0.4 is 4.90 Å². The molecule has 1 aliphatic heterocycles. The maximum Gasteiger partial charge on any atom is 0.299 e. The second kappa shape index (κ2) is 6.01. The number of benzene rings is 1. The number of hydrogen-bond donors (Lipinski definition) is 0. The van der Waals surface area contributed by atoms with Gasteiger partial charge in [-0.15, -0.1) is 11.6 Å². The fourth-order valence-electron chi connectivity index (χ4n) is 2.11. The minimum atomic E-state index is -0.646. The number of amides is 1. The minimum absolute atomic E-state index is 0.134. The predicted octanol–water partition coefficient (Wildman–Crippen LogP) is 3.53. The highest BCUT2D eigenvalue weighted by molar-refractivity contribution is 9.10. The first kappa shape index (κ1) is 14.5. The van der Waals surface area contributed by atoms with Crippen LogP contribution in [0.4, 0.5) is 10.1 Å². The molecule has 1 aromatic rings. The van der Waals surface area contributed by atoms with Gasteiger partial charge in [-0.2, -0.15) is 0 Å². The maximum absolute atomic E-state index is 13.3. The van der Waals surface area contributed by atoms with Crippen molar-refractivity contribution in [2.45, 2.75) is 19.3 Å². The van der Waals surface area contributed by atoms with Crippen LogP contribution in [0.25, 0.3) is 0 Å². The first-order chi connectivity index (χ1) is 9.06. The summed E-state index contributed by atoms with van der Waals surface area (Å²) in [5.74, 6) is -1.19. The largest absolute Gasteiger partial charge is 0.304 e. The number of Topliss-reactive ketones (excluding diaryl/α,β-unsaturated/α-hetero) is 1. The molecule has 0 radical (unpaired) electrons. The molecule has 1 amide bonds. The number of alkyl halides is 1. The summed E-state index contributed by atoms with van der Waals surface area (Å²) in [5.41, 5.74) is 0.608. The Morgan fingerprint density at radius 1 is 1.21 bits per heavy atom. The molecular formula is C13H12BrClFNO2. The molecule has 2 rings (SSSR count).